The highest BCUT2D eigenvalue weighted by molar-refractivity contribution is 6.33. The maximum atomic E-state index is 11.8. The summed E-state index contributed by atoms with van der Waals surface area (Å²) in [5.74, 6) is 1.66. The number of ether oxygens (including phenoxy) is 3. The van der Waals surface area contributed by atoms with Crippen molar-refractivity contribution in [2.45, 2.75) is 52.5 Å². The lowest BCUT2D eigenvalue weighted by atomic mass is 10.2. The number of anilines is 1. The van der Waals surface area contributed by atoms with Crippen LogP contribution in [0.4, 0.5) is 5.69 Å². The molecule has 0 bridgehead atoms. The van der Waals surface area contributed by atoms with Gasteiger partial charge in [0.15, 0.2) is 11.5 Å². The molecule has 0 atom stereocenters. The van der Waals surface area contributed by atoms with Gasteiger partial charge in [-0.25, -0.2) is 5.10 Å². The predicted molar refractivity (Wildman–Crippen MR) is 116 cm³/mol. The number of H-pyrrole nitrogens is 1. The normalized spacial score (nSPS) is 10.6. The van der Waals surface area contributed by atoms with Gasteiger partial charge in [0.05, 0.1) is 20.3 Å². The molecule has 29 heavy (non-hydrogen) atoms. The fourth-order valence-corrected chi connectivity index (χ4v) is 2.91. The molecule has 1 aromatic heterocycles. The van der Waals surface area contributed by atoms with Crippen molar-refractivity contribution in [1.29, 1.82) is 0 Å². The third-order valence-electron chi connectivity index (χ3n) is 4.29. The molecule has 160 valence electrons. The van der Waals surface area contributed by atoms with Crippen LogP contribution < -0.4 is 25.1 Å². The molecule has 1 heterocycles. The van der Waals surface area contributed by atoms with Crippen LogP contribution in [0.15, 0.2) is 23.0 Å². The predicted octanol–water partition coefficient (Wildman–Crippen LogP) is 4.79. The Labute approximate surface area is 176 Å². The molecule has 0 aliphatic heterocycles. The van der Waals surface area contributed by atoms with E-state index in [1.807, 2.05) is 25.1 Å². The van der Waals surface area contributed by atoms with Crippen LogP contribution in [0.25, 0.3) is 0 Å². The number of aromatic amines is 1. The minimum absolute atomic E-state index is 0.0204. The molecule has 2 aromatic rings. The van der Waals surface area contributed by atoms with Crippen LogP contribution in [0.2, 0.25) is 5.02 Å². The molecule has 7 nitrogen and oxygen atoms in total. The summed E-state index contributed by atoms with van der Waals surface area (Å²) < 4.78 is 16.9. The van der Waals surface area contributed by atoms with Crippen molar-refractivity contribution in [1.82, 2.24) is 10.2 Å². The number of nitrogens with one attached hydrogen (secondary N) is 2. The van der Waals surface area contributed by atoms with Crippen LogP contribution in [0.5, 0.6) is 17.4 Å². The van der Waals surface area contributed by atoms with Gasteiger partial charge in [0, 0.05) is 6.54 Å². The first-order valence-corrected chi connectivity index (χ1v) is 10.4. The largest absolute Gasteiger partial charge is 0.493 e. The number of benzene rings is 1. The topological polar surface area (TPSA) is 85.5 Å². The number of halogens is 1. The van der Waals surface area contributed by atoms with Crippen molar-refractivity contribution in [3.05, 3.63) is 39.1 Å². The van der Waals surface area contributed by atoms with Crippen LogP contribution in [-0.4, -0.2) is 30.5 Å². The highest BCUT2D eigenvalue weighted by Gasteiger charge is 2.14. The van der Waals surface area contributed by atoms with Crippen LogP contribution in [0.1, 0.15) is 51.5 Å². The molecule has 0 amide bonds. The van der Waals surface area contributed by atoms with Gasteiger partial charge in [-0.2, -0.15) is 0 Å². The van der Waals surface area contributed by atoms with E-state index in [0.29, 0.717) is 36.9 Å². The van der Waals surface area contributed by atoms with Gasteiger partial charge in [-0.15, -0.1) is 5.10 Å². The summed E-state index contributed by atoms with van der Waals surface area (Å²) in [5, 5.41) is 9.47. The molecule has 0 spiro atoms. The molecular formula is C21H30ClN3O4. The van der Waals surface area contributed by atoms with Crippen molar-refractivity contribution in [2.75, 3.05) is 25.6 Å². The summed E-state index contributed by atoms with van der Waals surface area (Å²) in [7, 11) is 1.62. The van der Waals surface area contributed by atoms with Gasteiger partial charge in [-0.3, -0.25) is 4.79 Å². The zero-order valence-corrected chi connectivity index (χ0v) is 18.1. The molecule has 8 heteroatoms. The average molecular weight is 424 g/mol. The third-order valence-corrected chi connectivity index (χ3v) is 4.65. The Morgan fingerprint density at radius 3 is 2.62 bits per heavy atom. The molecule has 0 aliphatic carbocycles. The second-order valence-corrected chi connectivity index (χ2v) is 7.02. The Hall–Kier alpha value is -2.41. The first kappa shape index (κ1) is 22.9. The van der Waals surface area contributed by atoms with E-state index in [9.17, 15) is 4.79 Å². The van der Waals surface area contributed by atoms with Crippen molar-refractivity contribution in [3.63, 3.8) is 0 Å². The van der Waals surface area contributed by atoms with Crippen molar-refractivity contribution in [3.8, 4) is 17.4 Å². The third kappa shape index (κ3) is 6.85. The Morgan fingerprint density at radius 2 is 1.90 bits per heavy atom. The lowest BCUT2D eigenvalue weighted by Crippen LogP contribution is -2.15. The summed E-state index contributed by atoms with van der Waals surface area (Å²) in [6.45, 7) is 5.71. The number of hydrogen-bond acceptors (Lipinski definition) is 6. The quantitative estimate of drug-likeness (QED) is 0.450. The molecule has 0 fully saturated rings. The second kappa shape index (κ2) is 12.2. The first-order chi connectivity index (χ1) is 14.1. The molecule has 0 saturated heterocycles. The Morgan fingerprint density at radius 1 is 1.07 bits per heavy atom. The molecule has 0 unspecified atom stereocenters. The van der Waals surface area contributed by atoms with E-state index in [4.69, 9.17) is 25.8 Å². The zero-order chi connectivity index (χ0) is 21.1. The van der Waals surface area contributed by atoms with E-state index in [2.05, 4.69) is 22.4 Å². The SMILES string of the molecule is CCCCCCOc1cc(CNc2c(OCCC)n[nH]c(=O)c2Cl)ccc1OC. The summed E-state index contributed by atoms with van der Waals surface area (Å²) in [6.07, 6.45) is 5.36. The van der Waals surface area contributed by atoms with Crippen molar-refractivity contribution < 1.29 is 14.2 Å². The van der Waals surface area contributed by atoms with E-state index < -0.39 is 5.56 Å². The molecular weight excluding hydrogens is 394 g/mol. The summed E-state index contributed by atoms with van der Waals surface area (Å²) in [5.41, 5.74) is 0.859. The number of aromatic nitrogens is 2. The van der Waals surface area contributed by atoms with E-state index in [0.717, 1.165) is 24.8 Å². The van der Waals surface area contributed by atoms with Crippen molar-refractivity contribution >= 4 is 17.3 Å². The van der Waals surface area contributed by atoms with Crippen LogP contribution in [0, 0.1) is 0 Å². The van der Waals surface area contributed by atoms with Crippen LogP contribution in [-0.2, 0) is 6.54 Å². The smallest absolute Gasteiger partial charge is 0.285 e. The minimum atomic E-state index is -0.469. The highest BCUT2D eigenvalue weighted by atomic mass is 35.5. The van der Waals surface area contributed by atoms with Gasteiger partial charge < -0.3 is 19.5 Å². The van der Waals surface area contributed by atoms with Gasteiger partial charge in [0.1, 0.15) is 10.7 Å². The Balaban J connectivity index is 2.09. The minimum Gasteiger partial charge on any atom is -0.493 e. The summed E-state index contributed by atoms with van der Waals surface area (Å²) in [4.78, 5) is 11.8. The molecule has 2 rings (SSSR count). The number of methoxy groups -OCH3 is 1. The zero-order valence-electron chi connectivity index (χ0n) is 17.3. The number of unbranched alkanes of at least 4 members (excludes halogenated alkanes) is 3. The standard InChI is InChI=1S/C21H30ClN3O4/c1-4-6-7-8-12-28-17-13-15(9-10-16(17)27-3)14-23-19-18(22)20(26)24-25-21(19)29-11-5-2/h9-10,13H,4-8,11-12,14H2,1-3H3,(H2,23,24,26). The van der Waals surface area contributed by atoms with E-state index >= 15 is 0 Å². The maximum absolute atomic E-state index is 11.8. The van der Waals surface area contributed by atoms with Crippen LogP contribution >= 0.6 is 11.6 Å². The number of nitrogens with zero attached hydrogens (tertiary/aromatic N) is 1. The van der Waals surface area contributed by atoms with E-state index in [-0.39, 0.29) is 10.9 Å². The van der Waals surface area contributed by atoms with Gasteiger partial charge in [0.2, 0.25) is 0 Å². The Kier molecular flexibility index (Phi) is 9.64. The lowest BCUT2D eigenvalue weighted by Gasteiger charge is -2.15. The van der Waals surface area contributed by atoms with Gasteiger partial charge in [-0.1, -0.05) is 50.8 Å². The van der Waals surface area contributed by atoms with Gasteiger partial charge in [-0.05, 0) is 30.5 Å². The van der Waals surface area contributed by atoms with Crippen molar-refractivity contribution in [2.24, 2.45) is 0 Å². The lowest BCUT2D eigenvalue weighted by molar-refractivity contribution is 0.285. The molecule has 0 radical (unpaired) electrons. The van der Waals surface area contributed by atoms with Crippen LogP contribution in [0.3, 0.4) is 0 Å². The molecule has 1 aromatic carbocycles. The molecule has 2 N–H and O–H groups in total. The fourth-order valence-electron chi connectivity index (χ4n) is 2.72. The maximum Gasteiger partial charge on any atom is 0.285 e. The number of hydrogen-bond donors (Lipinski definition) is 2. The molecule has 0 aliphatic rings. The van der Waals surface area contributed by atoms with E-state index in [1.54, 1.807) is 7.11 Å². The first-order valence-electron chi connectivity index (χ1n) is 10.0. The highest BCUT2D eigenvalue weighted by Crippen LogP contribution is 2.31. The van der Waals surface area contributed by atoms with Gasteiger partial charge >= 0.3 is 0 Å². The Bertz CT molecular complexity index is 826. The monoisotopic (exact) mass is 423 g/mol. The fraction of sp³-hybridized carbons (Fsp3) is 0.524. The van der Waals surface area contributed by atoms with Gasteiger partial charge in [0.25, 0.3) is 11.4 Å². The van der Waals surface area contributed by atoms with E-state index in [1.165, 1.54) is 12.8 Å². The average Bonchev–Trinajstić information content (AvgIpc) is 2.73. The second-order valence-electron chi connectivity index (χ2n) is 6.64. The number of rotatable bonds is 13. The summed E-state index contributed by atoms with van der Waals surface area (Å²) in [6, 6.07) is 5.72. The molecule has 0 saturated carbocycles. The summed E-state index contributed by atoms with van der Waals surface area (Å²) >= 11 is 6.16.